The number of nitrogens with zero attached hydrogens (tertiary/aromatic N) is 2. The fraction of sp³-hybridized carbons (Fsp3) is 0.500. The molecule has 0 spiro atoms. The Kier molecular flexibility index (Phi) is 4.92. The topological polar surface area (TPSA) is 70.7 Å². The Morgan fingerprint density at radius 3 is 3.05 bits per heavy atom. The summed E-state index contributed by atoms with van der Waals surface area (Å²) in [5.74, 6) is 1.22. The number of hydrogen-bond donors (Lipinski definition) is 2. The van der Waals surface area contributed by atoms with Crippen molar-refractivity contribution in [1.29, 1.82) is 0 Å². The second kappa shape index (κ2) is 7.09. The fourth-order valence-corrected chi connectivity index (χ4v) is 3.75. The largest absolute Gasteiger partial charge is 0.353 e. The highest BCUT2D eigenvalue weighted by atomic mass is 32.2. The molecule has 21 heavy (non-hydrogen) atoms. The highest BCUT2D eigenvalue weighted by Gasteiger charge is 2.16. The Hall–Kier alpha value is -1.34. The van der Waals surface area contributed by atoms with Gasteiger partial charge in [-0.25, -0.2) is 4.98 Å². The molecule has 0 saturated heterocycles. The van der Waals surface area contributed by atoms with Crippen molar-refractivity contribution in [3.05, 3.63) is 17.5 Å². The second-order valence-corrected chi connectivity index (χ2v) is 7.03. The van der Waals surface area contributed by atoms with Crippen molar-refractivity contribution in [2.24, 2.45) is 0 Å². The Morgan fingerprint density at radius 1 is 1.43 bits per heavy atom. The number of thiophene rings is 1. The molecule has 112 valence electrons. The molecule has 1 aliphatic rings. The molecule has 3 rings (SSSR count). The third kappa shape index (κ3) is 4.07. The van der Waals surface area contributed by atoms with Crippen LogP contribution in [0.5, 0.6) is 0 Å². The molecule has 7 heteroatoms. The van der Waals surface area contributed by atoms with E-state index in [-0.39, 0.29) is 5.91 Å². The van der Waals surface area contributed by atoms with E-state index >= 15 is 0 Å². The maximum absolute atomic E-state index is 11.9. The van der Waals surface area contributed by atoms with Gasteiger partial charge < -0.3 is 5.32 Å². The van der Waals surface area contributed by atoms with Gasteiger partial charge >= 0.3 is 0 Å². The summed E-state index contributed by atoms with van der Waals surface area (Å²) >= 11 is 2.99. The van der Waals surface area contributed by atoms with Crippen LogP contribution in [-0.2, 0) is 4.79 Å². The van der Waals surface area contributed by atoms with Crippen LogP contribution in [0.2, 0.25) is 0 Å². The van der Waals surface area contributed by atoms with Crippen molar-refractivity contribution in [3.63, 3.8) is 0 Å². The molecule has 1 fully saturated rings. The third-order valence-electron chi connectivity index (χ3n) is 3.52. The van der Waals surface area contributed by atoms with E-state index in [2.05, 4.69) is 20.5 Å². The Labute approximate surface area is 131 Å². The lowest BCUT2D eigenvalue weighted by molar-refractivity contribution is -0.119. The number of carbonyl (C=O) groups is 1. The third-order valence-corrected chi connectivity index (χ3v) is 5.25. The fourth-order valence-electron chi connectivity index (χ4n) is 2.48. The van der Waals surface area contributed by atoms with Gasteiger partial charge in [0.2, 0.25) is 11.1 Å². The molecule has 0 radical (unpaired) electrons. The van der Waals surface area contributed by atoms with Crippen LogP contribution in [0.3, 0.4) is 0 Å². The van der Waals surface area contributed by atoms with Crippen LogP contribution in [0.15, 0.2) is 22.7 Å². The van der Waals surface area contributed by atoms with Gasteiger partial charge in [-0.1, -0.05) is 37.1 Å². The van der Waals surface area contributed by atoms with Crippen molar-refractivity contribution in [3.8, 4) is 10.7 Å². The zero-order valence-electron chi connectivity index (χ0n) is 11.7. The van der Waals surface area contributed by atoms with E-state index in [1.165, 1.54) is 31.0 Å². The molecular formula is C14H18N4OS2. The first-order valence-corrected chi connectivity index (χ1v) is 9.06. The van der Waals surface area contributed by atoms with Crippen LogP contribution < -0.4 is 5.32 Å². The molecule has 0 bridgehead atoms. The van der Waals surface area contributed by atoms with E-state index in [4.69, 9.17) is 0 Å². The van der Waals surface area contributed by atoms with E-state index < -0.39 is 0 Å². The second-order valence-electron chi connectivity index (χ2n) is 5.14. The maximum Gasteiger partial charge on any atom is 0.230 e. The summed E-state index contributed by atoms with van der Waals surface area (Å²) in [7, 11) is 0. The summed E-state index contributed by atoms with van der Waals surface area (Å²) < 4.78 is 0. The predicted octanol–water partition coefficient (Wildman–Crippen LogP) is 3.07. The molecule has 2 N–H and O–H groups in total. The smallest absolute Gasteiger partial charge is 0.230 e. The molecule has 1 saturated carbocycles. The Balaban J connectivity index is 1.47. The normalized spacial score (nSPS) is 16.0. The molecular weight excluding hydrogens is 304 g/mol. The van der Waals surface area contributed by atoms with Crippen molar-refractivity contribution in [2.45, 2.75) is 43.3 Å². The van der Waals surface area contributed by atoms with E-state index in [0.29, 0.717) is 17.0 Å². The average molecular weight is 322 g/mol. The lowest BCUT2D eigenvalue weighted by Gasteiger charge is -2.22. The number of amides is 1. The number of hydrogen-bond acceptors (Lipinski definition) is 5. The van der Waals surface area contributed by atoms with Gasteiger partial charge in [-0.15, -0.1) is 16.4 Å². The standard InChI is InChI=1S/C14H18N4OS2/c19-12(15-10-5-2-1-3-6-10)9-21-14-16-13(17-18-14)11-7-4-8-20-11/h4,7-8,10H,1-3,5-6,9H2,(H,15,19)(H,16,17,18). The SMILES string of the molecule is O=C(CSc1n[nH]c(-c2cccs2)n1)NC1CCCCC1. The molecule has 2 aromatic rings. The van der Waals surface area contributed by atoms with Crippen LogP contribution in [0.1, 0.15) is 32.1 Å². The molecule has 0 unspecified atom stereocenters. The molecule has 0 aromatic carbocycles. The van der Waals surface area contributed by atoms with Gasteiger partial charge in [0, 0.05) is 6.04 Å². The van der Waals surface area contributed by atoms with Crippen molar-refractivity contribution in [2.75, 3.05) is 5.75 Å². The highest BCUT2D eigenvalue weighted by molar-refractivity contribution is 7.99. The zero-order valence-corrected chi connectivity index (χ0v) is 13.3. The Morgan fingerprint density at radius 2 is 2.29 bits per heavy atom. The number of aromatic nitrogens is 3. The van der Waals surface area contributed by atoms with E-state index in [9.17, 15) is 4.79 Å². The first-order chi connectivity index (χ1) is 10.3. The lowest BCUT2D eigenvalue weighted by Crippen LogP contribution is -2.37. The van der Waals surface area contributed by atoms with Crippen LogP contribution in [0.4, 0.5) is 0 Å². The van der Waals surface area contributed by atoms with Crippen LogP contribution >= 0.6 is 23.1 Å². The Bertz CT molecular complexity index is 576. The van der Waals surface area contributed by atoms with Crippen LogP contribution in [0.25, 0.3) is 10.7 Å². The van der Waals surface area contributed by atoms with Gasteiger partial charge in [-0.05, 0) is 24.3 Å². The predicted molar refractivity (Wildman–Crippen MR) is 85.4 cm³/mol. The summed E-state index contributed by atoms with van der Waals surface area (Å²) in [4.78, 5) is 17.4. The van der Waals surface area contributed by atoms with Gasteiger partial charge in [0.15, 0.2) is 5.82 Å². The summed E-state index contributed by atoms with van der Waals surface area (Å²) in [6, 6.07) is 4.34. The number of rotatable bonds is 5. The van der Waals surface area contributed by atoms with E-state index in [1.54, 1.807) is 11.3 Å². The number of thioether (sulfide) groups is 1. The van der Waals surface area contributed by atoms with Gasteiger partial charge in [0.25, 0.3) is 0 Å². The maximum atomic E-state index is 11.9. The summed E-state index contributed by atoms with van der Waals surface area (Å²) in [5.41, 5.74) is 0. The molecule has 1 amide bonds. The number of aromatic amines is 1. The van der Waals surface area contributed by atoms with Crippen LogP contribution in [-0.4, -0.2) is 32.9 Å². The van der Waals surface area contributed by atoms with Crippen molar-refractivity contribution < 1.29 is 4.79 Å². The number of H-pyrrole nitrogens is 1. The monoisotopic (exact) mass is 322 g/mol. The van der Waals surface area contributed by atoms with Gasteiger partial charge in [-0.2, -0.15) is 0 Å². The molecule has 1 aliphatic carbocycles. The van der Waals surface area contributed by atoms with Gasteiger partial charge in [0.05, 0.1) is 10.6 Å². The average Bonchev–Trinajstić information content (AvgIpc) is 3.17. The number of carbonyl (C=O) groups excluding carboxylic acids is 1. The first kappa shape index (κ1) is 14.6. The van der Waals surface area contributed by atoms with Crippen molar-refractivity contribution in [1.82, 2.24) is 20.5 Å². The highest BCUT2D eigenvalue weighted by Crippen LogP contribution is 2.23. The minimum Gasteiger partial charge on any atom is -0.353 e. The minimum atomic E-state index is 0.0781. The summed E-state index contributed by atoms with van der Waals surface area (Å²) in [5, 5.41) is 12.8. The lowest BCUT2D eigenvalue weighted by atomic mass is 9.95. The van der Waals surface area contributed by atoms with Gasteiger partial charge in [0.1, 0.15) is 0 Å². The molecule has 5 nitrogen and oxygen atoms in total. The summed E-state index contributed by atoms with van der Waals surface area (Å²) in [6.45, 7) is 0. The number of nitrogens with one attached hydrogen (secondary N) is 2. The summed E-state index contributed by atoms with van der Waals surface area (Å²) in [6.07, 6.45) is 5.97. The van der Waals surface area contributed by atoms with Gasteiger partial charge in [-0.3, -0.25) is 9.89 Å². The van der Waals surface area contributed by atoms with Crippen LogP contribution in [0, 0.1) is 0 Å². The van der Waals surface area contributed by atoms with Crippen molar-refractivity contribution >= 4 is 29.0 Å². The molecule has 2 aromatic heterocycles. The zero-order chi connectivity index (χ0) is 14.5. The quantitative estimate of drug-likeness (QED) is 0.830. The van der Waals surface area contributed by atoms with E-state index in [1.807, 2.05) is 17.5 Å². The molecule has 0 atom stereocenters. The minimum absolute atomic E-state index is 0.0781. The molecule has 0 aliphatic heterocycles. The molecule has 2 heterocycles. The van der Waals surface area contributed by atoms with E-state index in [0.717, 1.165) is 23.5 Å². The first-order valence-electron chi connectivity index (χ1n) is 7.20.